The zero-order chi connectivity index (χ0) is 21.3. The van der Waals surface area contributed by atoms with Crippen molar-refractivity contribution in [2.75, 3.05) is 5.32 Å². The molecule has 0 saturated carbocycles. The van der Waals surface area contributed by atoms with Crippen molar-refractivity contribution in [2.24, 2.45) is 5.73 Å². The molecule has 4 rings (SSSR count). The van der Waals surface area contributed by atoms with E-state index in [2.05, 4.69) is 20.4 Å². The highest BCUT2D eigenvalue weighted by Gasteiger charge is 2.20. The lowest BCUT2D eigenvalue weighted by atomic mass is 10.2. The van der Waals surface area contributed by atoms with Crippen LogP contribution in [0.3, 0.4) is 0 Å². The number of halogens is 1. The molecule has 3 aromatic heterocycles. The molecule has 0 atom stereocenters. The summed E-state index contributed by atoms with van der Waals surface area (Å²) in [5.74, 6) is -1.10. The molecule has 0 aliphatic carbocycles. The van der Waals surface area contributed by atoms with Crippen LogP contribution >= 0.6 is 11.6 Å². The second-order valence-electron chi connectivity index (χ2n) is 6.36. The molecule has 10 heteroatoms. The third-order valence-electron chi connectivity index (χ3n) is 4.15. The molecule has 0 aliphatic rings. The highest BCUT2D eigenvalue weighted by molar-refractivity contribution is 6.30. The fourth-order valence-corrected chi connectivity index (χ4v) is 2.96. The van der Waals surface area contributed by atoms with Crippen LogP contribution in [0.25, 0.3) is 17.1 Å². The summed E-state index contributed by atoms with van der Waals surface area (Å²) in [5.41, 5.74) is 7.56. The van der Waals surface area contributed by atoms with Crippen molar-refractivity contribution in [1.82, 2.24) is 19.7 Å². The Bertz CT molecular complexity index is 1260. The predicted octanol–water partition coefficient (Wildman–Crippen LogP) is 3.24. The van der Waals surface area contributed by atoms with E-state index in [1.807, 2.05) is 6.92 Å². The van der Waals surface area contributed by atoms with Gasteiger partial charge in [-0.3, -0.25) is 14.6 Å². The molecule has 0 radical (unpaired) electrons. The molecule has 3 heterocycles. The van der Waals surface area contributed by atoms with E-state index in [4.69, 9.17) is 21.8 Å². The lowest BCUT2D eigenvalue weighted by Gasteiger charge is -2.01. The normalized spacial score (nSPS) is 10.7. The van der Waals surface area contributed by atoms with Gasteiger partial charge in [0, 0.05) is 22.5 Å². The molecule has 0 spiro atoms. The standard InChI is InChI=1S/C20H15ClN6O3/c1-11-7-12(5-6-23-11)20-25-16(10-30-20)19(29)24-15-9-27(26-17(15)18(22)28)14-4-2-3-13(21)8-14/h2-10H,1H3,(H2,22,28)(H,24,29). The van der Waals surface area contributed by atoms with Crippen molar-refractivity contribution < 1.29 is 14.0 Å². The van der Waals surface area contributed by atoms with Crippen molar-refractivity contribution in [1.29, 1.82) is 0 Å². The Morgan fingerprint density at radius 3 is 2.80 bits per heavy atom. The van der Waals surface area contributed by atoms with Crippen LogP contribution in [0.1, 0.15) is 26.7 Å². The fraction of sp³-hybridized carbons (Fsp3) is 0.0500. The van der Waals surface area contributed by atoms with Crippen LogP contribution in [0.4, 0.5) is 5.69 Å². The summed E-state index contributed by atoms with van der Waals surface area (Å²) in [5, 5.41) is 7.24. The monoisotopic (exact) mass is 422 g/mol. The Balaban J connectivity index is 1.61. The maximum Gasteiger partial charge on any atom is 0.277 e. The number of carbonyl (C=O) groups is 2. The number of amides is 2. The number of nitrogens with one attached hydrogen (secondary N) is 1. The third-order valence-corrected chi connectivity index (χ3v) is 4.38. The van der Waals surface area contributed by atoms with Crippen molar-refractivity contribution >= 4 is 29.1 Å². The van der Waals surface area contributed by atoms with Crippen molar-refractivity contribution in [3.05, 3.63) is 77.2 Å². The first-order valence-electron chi connectivity index (χ1n) is 8.76. The lowest BCUT2D eigenvalue weighted by molar-refractivity contribution is 0.0996. The summed E-state index contributed by atoms with van der Waals surface area (Å²) in [4.78, 5) is 32.8. The smallest absolute Gasteiger partial charge is 0.277 e. The van der Waals surface area contributed by atoms with Gasteiger partial charge in [0.2, 0.25) is 5.89 Å². The number of hydrogen-bond donors (Lipinski definition) is 2. The minimum atomic E-state index is -0.792. The number of nitrogens with two attached hydrogens (primary N) is 1. The molecular formula is C20H15ClN6O3. The molecule has 150 valence electrons. The lowest BCUT2D eigenvalue weighted by Crippen LogP contribution is -2.18. The topological polar surface area (TPSA) is 129 Å². The number of carbonyl (C=O) groups excluding carboxylic acids is 2. The largest absolute Gasteiger partial charge is 0.444 e. The molecule has 1 aromatic carbocycles. The zero-order valence-corrected chi connectivity index (χ0v) is 16.4. The van der Waals surface area contributed by atoms with Crippen molar-refractivity contribution in [3.8, 4) is 17.1 Å². The first kappa shape index (κ1) is 19.3. The number of aryl methyl sites for hydroxylation is 1. The minimum absolute atomic E-state index is 0.0328. The molecule has 0 fully saturated rings. The highest BCUT2D eigenvalue weighted by atomic mass is 35.5. The summed E-state index contributed by atoms with van der Waals surface area (Å²) >= 11 is 6.01. The van der Waals surface area contributed by atoms with Gasteiger partial charge in [0.05, 0.1) is 17.6 Å². The molecular weight excluding hydrogens is 408 g/mol. The second kappa shape index (κ2) is 7.80. The molecule has 2 amide bonds. The number of aromatic nitrogens is 4. The Kier molecular flexibility index (Phi) is 5.03. The molecule has 0 saturated heterocycles. The molecule has 0 unspecified atom stereocenters. The summed E-state index contributed by atoms with van der Waals surface area (Å²) < 4.78 is 6.80. The van der Waals surface area contributed by atoms with E-state index in [0.717, 1.165) is 5.69 Å². The SMILES string of the molecule is Cc1cc(-c2nc(C(=O)Nc3cn(-c4cccc(Cl)c4)nc3C(N)=O)co2)ccn1. The number of nitrogens with zero attached hydrogens (tertiary/aromatic N) is 4. The Labute approximate surface area is 175 Å². The number of hydrogen-bond acceptors (Lipinski definition) is 6. The first-order chi connectivity index (χ1) is 14.4. The van der Waals surface area contributed by atoms with Gasteiger partial charge < -0.3 is 15.5 Å². The van der Waals surface area contributed by atoms with Crippen LogP contribution in [0, 0.1) is 6.92 Å². The molecule has 0 bridgehead atoms. The van der Waals surface area contributed by atoms with Crippen LogP contribution in [-0.2, 0) is 0 Å². The first-order valence-corrected chi connectivity index (χ1v) is 9.14. The van der Waals surface area contributed by atoms with E-state index >= 15 is 0 Å². The Morgan fingerprint density at radius 1 is 1.23 bits per heavy atom. The maximum atomic E-state index is 12.6. The van der Waals surface area contributed by atoms with Gasteiger partial charge in [-0.2, -0.15) is 5.10 Å². The van der Waals surface area contributed by atoms with Crippen LogP contribution in [0.15, 0.2) is 59.5 Å². The van der Waals surface area contributed by atoms with Crippen molar-refractivity contribution in [2.45, 2.75) is 6.92 Å². The predicted molar refractivity (Wildman–Crippen MR) is 110 cm³/mol. The van der Waals surface area contributed by atoms with E-state index in [1.165, 1.54) is 17.1 Å². The fourth-order valence-electron chi connectivity index (χ4n) is 2.77. The van der Waals surface area contributed by atoms with E-state index in [9.17, 15) is 9.59 Å². The molecule has 9 nitrogen and oxygen atoms in total. The van der Waals surface area contributed by atoms with Gasteiger partial charge >= 0.3 is 0 Å². The summed E-state index contributed by atoms with van der Waals surface area (Å²) in [7, 11) is 0. The molecule has 4 aromatic rings. The van der Waals surface area contributed by atoms with Crippen LogP contribution < -0.4 is 11.1 Å². The summed E-state index contributed by atoms with van der Waals surface area (Å²) in [6.07, 6.45) is 4.32. The van der Waals surface area contributed by atoms with Gasteiger partial charge in [-0.1, -0.05) is 17.7 Å². The van der Waals surface area contributed by atoms with Crippen LogP contribution in [0.2, 0.25) is 5.02 Å². The van der Waals surface area contributed by atoms with Gasteiger partial charge in [0.1, 0.15) is 6.26 Å². The molecule has 3 N–H and O–H groups in total. The third kappa shape index (κ3) is 3.91. The number of benzene rings is 1. The van der Waals surface area contributed by atoms with E-state index < -0.39 is 11.8 Å². The maximum absolute atomic E-state index is 12.6. The van der Waals surface area contributed by atoms with Gasteiger partial charge in [-0.15, -0.1) is 0 Å². The number of oxazole rings is 1. The number of primary amides is 1. The molecule has 30 heavy (non-hydrogen) atoms. The Morgan fingerprint density at radius 2 is 2.07 bits per heavy atom. The quantitative estimate of drug-likeness (QED) is 0.508. The van der Waals surface area contributed by atoms with Gasteiger partial charge in [-0.25, -0.2) is 9.67 Å². The second-order valence-corrected chi connectivity index (χ2v) is 6.79. The summed E-state index contributed by atoms with van der Waals surface area (Å²) in [6, 6.07) is 10.4. The average Bonchev–Trinajstić information content (AvgIpc) is 3.36. The average molecular weight is 423 g/mol. The zero-order valence-electron chi connectivity index (χ0n) is 15.7. The number of pyridine rings is 1. The van der Waals surface area contributed by atoms with E-state index in [0.29, 0.717) is 16.3 Å². The Hall–Kier alpha value is -3.98. The minimum Gasteiger partial charge on any atom is -0.444 e. The molecule has 0 aliphatic heterocycles. The van der Waals surface area contributed by atoms with Gasteiger partial charge in [0.15, 0.2) is 11.4 Å². The van der Waals surface area contributed by atoms with Gasteiger partial charge in [0.25, 0.3) is 11.8 Å². The summed E-state index contributed by atoms with van der Waals surface area (Å²) in [6.45, 7) is 1.84. The number of rotatable bonds is 5. The van der Waals surface area contributed by atoms with Crippen LogP contribution in [0.5, 0.6) is 0 Å². The highest BCUT2D eigenvalue weighted by Crippen LogP contribution is 2.22. The van der Waals surface area contributed by atoms with E-state index in [-0.39, 0.29) is 23.0 Å². The van der Waals surface area contributed by atoms with Gasteiger partial charge in [-0.05, 0) is 37.3 Å². The number of anilines is 1. The van der Waals surface area contributed by atoms with Crippen molar-refractivity contribution in [3.63, 3.8) is 0 Å². The van der Waals surface area contributed by atoms with Crippen LogP contribution in [-0.4, -0.2) is 31.6 Å². The van der Waals surface area contributed by atoms with E-state index in [1.54, 1.807) is 42.6 Å².